The SMILES string of the molecule is Oc1cccc(-c2cnc3ccc(-c4cccc(F)c4)nn23)c1. The summed E-state index contributed by atoms with van der Waals surface area (Å²) in [6, 6.07) is 16.8. The highest BCUT2D eigenvalue weighted by Crippen LogP contribution is 2.25. The molecule has 0 radical (unpaired) electrons. The number of fused-ring (bicyclic) bond motifs is 1. The molecule has 0 aliphatic rings. The van der Waals surface area contributed by atoms with Gasteiger partial charge < -0.3 is 5.11 Å². The Balaban J connectivity index is 1.90. The monoisotopic (exact) mass is 305 g/mol. The maximum atomic E-state index is 13.4. The molecule has 0 fully saturated rings. The largest absolute Gasteiger partial charge is 0.508 e. The number of aromatic hydroxyl groups is 1. The molecule has 0 saturated heterocycles. The number of benzene rings is 2. The minimum Gasteiger partial charge on any atom is -0.508 e. The van der Waals surface area contributed by atoms with Crippen LogP contribution in [0.4, 0.5) is 4.39 Å². The zero-order valence-corrected chi connectivity index (χ0v) is 12.0. The third kappa shape index (κ3) is 2.42. The molecule has 0 aliphatic carbocycles. The lowest BCUT2D eigenvalue weighted by molar-refractivity contribution is 0.475. The van der Waals surface area contributed by atoms with E-state index in [0.29, 0.717) is 16.9 Å². The van der Waals surface area contributed by atoms with Gasteiger partial charge in [-0.3, -0.25) is 0 Å². The first-order chi connectivity index (χ1) is 11.2. The van der Waals surface area contributed by atoms with Gasteiger partial charge in [0.25, 0.3) is 0 Å². The molecule has 0 amide bonds. The molecule has 5 heteroatoms. The molecule has 112 valence electrons. The van der Waals surface area contributed by atoms with Crippen molar-refractivity contribution in [2.45, 2.75) is 0 Å². The fourth-order valence-electron chi connectivity index (χ4n) is 2.54. The van der Waals surface area contributed by atoms with E-state index in [1.807, 2.05) is 24.3 Å². The van der Waals surface area contributed by atoms with Crippen molar-refractivity contribution in [2.24, 2.45) is 0 Å². The molecule has 0 saturated carbocycles. The first kappa shape index (κ1) is 13.5. The molecule has 4 aromatic rings. The number of aromatic nitrogens is 3. The van der Waals surface area contributed by atoms with Crippen molar-refractivity contribution < 1.29 is 9.50 Å². The third-order valence-electron chi connectivity index (χ3n) is 3.62. The summed E-state index contributed by atoms with van der Waals surface area (Å²) in [7, 11) is 0. The van der Waals surface area contributed by atoms with Crippen LogP contribution in [0.3, 0.4) is 0 Å². The first-order valence-corrected chi connectivity index (χ1v) is 7.11. The molecule has 4 rings (SSSR count). The molecule has 0 spiro atoms. The summed E-state index contributed by atoms with van der Waals surface area (Å²) in [6.45, 7) is 0. The molecule has 4 nitrogen and oxygen atoms in total. The van der Waals surface area contributed by atoms with Gasteiger partial charge in [0.15, 0.2) is 5.65 Å². The Bertz CT molecular complexity index is 1010. The Morgan fingerprint density at radius 2 is 1.74 bits per heavy atom. The normalized spacial score (nSPS) is 11.0. The van der Waals surface area contributed by atoms with Crippen molar-refractivity contribution in [3.8, 4) is 28.3 Å². The lowest BCUT2D eigenvalue weighted by Crippen LogP contribution is -1.96. The average molecular weight is 305 g/mol. The Labute approximate surface area is 131 Å². The molecule has 0 aliphatic heterocycles. The van der Waals surface area contributed by atoms with E-state index in [1.165, 1.54) is 12.1 Å². The van der Waals surface area contributed by atoms with Gasteiger partial charge in [0, 0.05) is 11.1 Å². The number of phenols is 1. The summed E-state index contributed by atoms with van der Waals surface area (Å²) in [4.78, 5) is 4.32. The molecular weight excluding hydrogens is 293 g/mol. The molecule has 0 unspecified atom stereocenters. The number of halogens is 1. The number of imidazole rings is 1. The molecule has 0 bridgehead atoms. The summed E-state index contributed by atoms with van der Waals surface area (Å²) in [5, 5.41) is 14.2. The number of phenolic OH excluding ortho intramolecular Hbond substituents is 1. The highest BCUT2D eigenvalue weighted by atomic mass is 19.1. The highest BCUT2D eigenvalue weighted by Gasteiger charge is 2.09. The predicted octanol–water partition coefficient (Wildman–Crippen LogP) is 3.91. The maximum Gasteiger partial charge on any atom is 0.154 e. The van der Waals surface area contributed by atoms with Crippen LogP contribution in [-0.2, 0) is 0 Å². The number of hydrogen-bond donors (Lipinski definition) is 1. The van der Waals surface area contributed by atoms with Gasteiger partial charge in [0.05, 0.1) is 17.6 Å². The number of nitrogens with zero attached hydrogens (tertiary/aromatic N) is 3. The first-order valence-electron chi connectivity index (χ1n) is 7.11. The van der Waals surface area contributed by atoms with E-state index in [1.54, 1.807) is 35.0 Å². The van der Waals surface area contributed by atoms with Crippen LogP contribution < -0.4 is 0 Å². The van der Waals surface area contributed by atoms with Crippen molar-refractivity contribution in [3.63, 3.8) is 0 Å². The molecule has 23 heavy (non-hydrogen) atoms. The van der Waals surface area contributed by atoms with E-state index >= 15 is 0 Å². The van der Waals surface area contributed by atoms with Gasteiger partial charge in [-0.2, -0.15) is 5.10 Å². The molecule has 1 N–H and O–H groups in total. The lowest BCUT2D eigenvalue weighted by Gasteiger charge is -2.05. The quantitative estimate of drug-likeness (QED) is 0.611. The second kappa shape index (κ2) is 5.21. The fourth-order valence-corrected chi connectivity index (χ4v) is 2.54. The van der Waals surface area contributed by atoms with Gasteiger partial charge in [-0.15, -0.1) is 0 Å². The van der Waals surface area contributed by atoms with Gasteiger partial charge in [-0.1, -0.05) is 24.3 Å². The number of rotatable bonds is 2. The van der Waals surface area contributed by atoms with Crippen molar-refractivity contribution in [1.29, 1.82) is 0 Å². The van der Waals surface area contributed by atoms with E-state index in [2.05, 4.69) is 10.1 Å². The standard InChI is InChI=1S/C18H12FN3O/c19-14-5-1-3-12(9-14)16-7-8-18-20-11-17(22(18)21-16)13-4-2-6-15(23)10-13/h1-11,23H. The maximum absolute atomic E-state index is 13.4. The summed E-state index contributed by atoms with van der Waals surface area (Å²) >= 11 is 0. The van der Waals surface area contributed by atoms with Crippen LogP contribution in [0.5, 0.6) is 5.75 Å². The summed E-state index contributed by atoms with van der Waals surface area (Å²) in [5.41, 5.74) is 3.60. The molecule has 0 atom stereocenters. The zero-order valence-electron chi connectivity index (χ0n) is 12.0. The van der Waals surface area contributed by atoms with Crippen molar-refractivity contribution in [3.05, 3.63) is 72.7 Å². The smallest absolute Gasteiger partial charge is 0.154 e. The van der Waals surface area contributed by atoms with Crippen molar-refractivity contribution in [2.75, 3.05) is 0 Å². The van der Waals surface area contributed by atoms with Crippen LogP contribution in [0.15, 0.2) is 66.9 Å². The van der Waals surface area contributed by atoms with Gasteiger partial charge in [-0.05, 0) is 36.4 Å². The third-order valence-corrected chi connectivity index (χ3v) is 3.62. The minimum absolute atomic E-state index is 0.179. The predicted molar refractivity (Wildman–Crippen MR) is 85.5 cm³/mol. The van der Waals surface area contributed by atoms with Crippen LogP contribution in [0.25, 0.3) is 28.2 Å². The van der Waals surface area contributed by atoms with Gasteiger partial charge in [-0.25, -0.2) is 13.9 Å². The van der Waals surface area contributed by atoms with Crippen LogP contribution >= 0.6 is 0 Å². The zero-order chi connectivity index (χ0) is 15.8. The van der Waals surface area contributed by atoms with Crippen molar-refractivity contribution >= 4 is 5.65 Å². The van der Waals surface area contributed by atoms with E-state index in [9.17, 15) is 9.50 Å². The van der Waals surface area contributed by atoms with E-state index in [0.717, 1.165) is 11.3 Å². The Kier molecular flexibility index (Phi) is 3.05. The summed E-state index contributed by atoms with van der Waals surface area (Å²) in [6.07, 6.45) is 1.70. The molecule has 2 aromatic heterocycles. The van der Waals surface area contributed by atoms with Crippen molar-refractivity contribution in [1.82, 2.24) is 14.6 Å². The highest BCUT2D eigenvalue weighted by molar-refractivity contribution is 5.66. The average Bonchev–Trinajstić information content (AvgIpc) is 2.98. The van der Waals surface area contributed by atoms with Crippen LogP contribution in [0.2, 0.25) is 0 Å². The molecular formula is C18H12FN3O. The Hall–Kier alpha value is -3.21. The van der Waals surface area contributed by atoms with Crippen LogP contribution in [0.1, 0.15) is 0 Å². The molecule has 2 aromatic carbocycles. The van der Waals surface area contributed by atoms with E-state index in [4.69, 9.17) is 0 Å². The van der Waals surface area contributed by atoms with Crippen LogP contribution in [-0.4, -0.2) is 19.7 Å². The fraction of sp³-hybridized carbons (Fsp3) is 0. The second-order valence-corrected chi connectivity index (χ2v) is 5.19. The molecule has 2 heterocycles. The summed E-state index contributed by atoms with van der Waals surface area (Å²) < 4.78 is 15.1. The Morgan fingerprint density at radius 1 is 0.913 bits per heavy atom. The van der Waals surface area contributed by atoms with Gasteiger partial charge in [0.2, 0.25) is 0 Å². The minimum atomic E-state index is -0.303. The lowest BCUT2D eigenvalue weighted by atomic mass is 10.1. The van der Waals surface area contributed by atoms with Gasteiger partial charge >= 0.3 is 0 Å². The van der Waals surface area contributed by atoms with E-state index in [-0.39, 0.29) is 11.6 Å². The van der Waals surface area contributed by atoms with E-state index < -0.39 is 0 Å². The second-order valence-electron chi connectivity index (χ2n) is 5.19. The van der Waals surface area contributed by atoms with Gasteiger partial charge in [0.1, 0.15) is 11.6 Å². The van der Waals surface area contributed by atoms with Crippen LogP contribution in [0, 0.1) is 5.82 Å². The number of hydrogen-bond acceptors (Lipinski definition) is 3. The Morgan fingerprint density at radius 3 is 2.57 bits per heavy atom. The summed E-state index contributed by atoms with van der Waals surface area (Å²) in [5.74, 6) is -0.123. The topological polar surface area (TPSA) is 50.4 Å².